The van der Waals surface area contributed by atoms with Crippen LogP contribution in [0, 0.1) is 13.8 Å². The molecule has 1 aromatic carbocycles. The molecule has 2 heteroatoms. The molecule has 0 saturated heterocycles. The van der Waals surface area contributed by atoms with Gasteiger partial charge in [-0.15, -0.1) is 0 Å². The average Bonchev–Trinajstić information content (AvgIpc) is 2.28. The Labute approximate surface area is 99.0 Å². The van der Waals surface area contributed by atoms with Crippen LogP contribution in [0.1, 0.15) is 23.1 Å². The first-order valence-electron chi connectivity index (χ1n) is 5.89. The standard InChI is InChI=1S/C14H23NO/c1-11-5-6-13(9-12(11)2)7-8-14(15-3)10-16-4/h5-6,9,14-15H,7-8,10H2,1-4H3. The average molecular weight is 221 g/mol. The SMILES string of the molecule is CNC(CCc1ccc(C)c(C)c1)COC. The summed E-state index contributed by atoms with van der Waals surface area (Å²) in [5.41, 5.74) is 4.16. The first-order valence-corrected chi connectivity index (χ1v) is 5.89. The second-order valence-corrected chi connectivity index (χ2v) is 4.40. The summed E-state index contributed by atoms with van der Waals surface area (Å²) >= 11 is 0. The molecule has 90 valence electrons. The number of likely N-dealkylation sites (N-methyl/N-ethyl adjacent to an activating group) is 1. The predicted octanol–water partition coefficient (Wildman–Crippen LogP) is 2.47. The van der Waals surface area contributed by atoms with Crippen LogP contribution in [0.2, 0.25) is 0 Å². The lowest BCUT2D eigenvalue weighted by molar-refractivity contribution is 0.166. The van der Waals surface area contributed by atoms with Crippen molar-refractivity contribution in [3.8, 4) is 0 Å². The van der Waals surface area contributed by atoms with E-state index in [-0.39, 0.29) is 0 Å². The predicted molar refractivity (Wildman–Crippen MR) is 69.0 cm³/mol. The molecule has 0 fully saturated rings. The van der Waals surface area contributed by atoms with E-state index in [0.29, 0.717) is 6.04 Å². The van der Waals surface area contributed by atoms with Crippen molar-refractivity contribution in [1.29, 1.82) is 0 Å². The number of methoxy groups -OCH3 is 1. The fourth-order valence-electron chi connectivity index (χ4n) is 1.81. The Bertz CT molecular complexity index is 323. The number of benzene rings is 1. The van der Waals surface area contributed by atoms with Crippen LogP contribution in [-0.4, -0.2) is 26.8 Å². The quantitative estimate of drug-likeness (QED) is 0.797. The maximum absolute atomic E-state index is 5.16. The second kappa shape index (κ2) is 6.66. The molecule has 0 aliphatic rings. The van der Waals surface area contributed by atoms with E-state index >= 15 is 0 Å². The third-order valence-corrected chi connectivity index (χ3v) is 3.13. The first kappa shape index (κ1) is 13.2. The Kier molecular flexibility index (Phi) is 5.50. The summed E-state index contributed by atoms with van der Waals surface area (Å²) in [7, 11) is 3.74. The molecule has 0 amide bonds. The van der Waals surface area contributed by atoms with E-state index < -0.39 is 0 Å². The van der Waals surface area contributed by atoms with Crippen molar-refractivity contribution in [2.45, 2.75) is 32.7 Å². The van der Waals surface area contributed by atoms with E-state index in [0.717, 1.165) is 19.4 Å². The van der Waals surface area contributed by atoms with Crippen LogP contribution in [0.4, 0.5) is 0 Å². The highest BCUT2D eigenvalue weighted by Crippen LogP contribution is 2.12. The zero-order chi connectivity index (χ0) is 12.0. The lowest BCUT2D eigenvalue weighted by Gasteiger charge is -2.15. The highest BCUT2D eigenvalue weighted by Gasteiger charge is 2.05. The molecule has 0 bridgehead atoms. The lowest BCUT2D eigenvalue weighted by atomic mass is 10.0. The molecule has 0 aliphatic heterocycles. The van der Waals surface area contributed by atoms with Gasteiger partial charge in [0.2, 0.25) is 0 Å². The van der Waals surface area contributed by atoms with Crippen LogP contribution in [0.5, 0.6) is 0 Å². The van der Waals surface area contributed by atoms with Gasteiger partial charge in [-0.1, -0.05) is 18.2 Å². The number of hydrogen-bond acceptors (Lipinski definition) is 2. The fourth-order valence-corrected chi connectivity index (χ4v) is 1.81. The van der Waals surface area contributed by atoms with Gasteiger partial charge in [-0.3, -0.25) is 0 Å². The van der Waals surface area contributed by atoms with E-state index in [2.05, 4.69) is 37.4 Å². The zero-order valence-corrected chi connectivity index (χ0v) is 10.8. The second-order valence-electron chi connectivity index (χ2n) is 4.40. The van der Waals surface area contributed by atoms with E-state index in [1.54, 1.807) is 7.11 Å². The van der Waals surface area contributed by atoms with Crippen molar-refractivity contribution < 1.29 is 4.74 Å². The molecule has 0 aliphatic carbocycles. The maximum atomic E-state index is 5.16. The number of nitrogens with one attached hydrogen (secondary N) is 1. The van der Waals surface area contributed by atoms with Crippen LogP contribution in [0.15, 0.2) is 18.2 Å². The topological polar surface area (TPSA) is 21.3 Å². The van der Waals surface area contributed by atoms with Crippen LogP contribution < -0.4 is 5.32 Å². The third-order valence-electron chi connectivity index (χ3n) is 3.13. The number of hydrogen-bond donors (Lipinski definition) is 1. The van der Waals surface area contributed by atoms with Gasteiger partial charge in [0.25, 0.3) is 0 Å². The summed E-state index contributed by atoms with van der Waals surface area (Å²) in [5.74, 6) is 0. The van der Waals surface area contributed by atoms with Crippen LogP contribution in [0.25, 0.3) is 0 Å². The third kappa shape index (κ3) is 3.95. The summed E-state index contributed by atoms with van der Waals surface area (Å²) in [6, 6.07) is 7.16. The van der Waals surface area contributed by atoms with Crippen molar-refractivity contribution in [1.82, 2.24) is 5.32 Å². The fraction of sp³-hybridized carbons (Fsp3) is 0.571. The van der Waals surface area contributed by atoms with Crippen molar-refractivity contribution in [2.24, 2.45) is 0 Å². The molecule has 1 rings (SSSR count). The molecule has 1 aromatic rings. The van der Waals surface area contributed by atoms with E-state index in [4.69, 9.17) is 4.74 Å². The van der Waals surface area contributed by atoms with Crippen molar-refractivity contribution >= 4 is 0 Å². The van der Waals surface area contributed by atoms with Gasteiger partial charge >= 0.3 is 0 Å². The van der Waals surface area contributed by atoms with Crippen molar-refractivity contribution in [2.75, 3.05) is 20.8 Å². The molecule has 1 atom stereocenters. The van der Waals surface area contributed by atoms with Gasteiger partial charge in [0, 0.05) is 13.2 Å². The van der Waals surface area contributed by atoms with Gasteiger partial charge in [0.15, 0.2) is 0 Å². The molecular formula is C14H23NO. The molecule has 0 radical (unpaired) electrons. The molecule has 16 heavy (non-hydrogen) atoms. The van der Waals surface area contributed by atoms with E-state index in [1.165, 1.54) is 16.7 Å². The summed E-state index contributed by atoms with van der Waals surface area (Å²) in [4.78, 5) is 0. The lowest BCUT2D eigenvalue weighted by Crippen LogP contribution is -2.30. The molecule has 2 nitrogen and oxygen atoms in total. The van der Waals surface area contributed by atoms with Crippen LogP contribution in [-0.2, 0) is 11.2 Å². The first-order chi connectivity index (χ1) is 7.67. The summed E-state index contributed by atoms with van der Waals surface area (Å²) in [6.07, 6.45) is 2.23. The Hall–Kier alpha value is -0.860. The van der Waals surface area contributed by atoms with Gasteiger partial charge in [-0.05, 0) is 50.4 Å². The Balaban J connectivity index is 2.50. The number of ether oxygens (including phenoxy) is 1. The molecule has 0 aromatic heterocycles. The normalized spacial score (nSPS) is 12.8. The highest BCUT2D eigenvalue weighted by molar-refractivity contribution is 5.29. The minimum Gasteiger partial charge on any atom is -0.383 e. The summed E-state index contributed by atoms with van der Waals surface area (Å²) in [5, 5.41) is 3.27. The Morgan fingerprint density at radius 1 is 1.25 bits per heavy atom. The van der Waals surface area contributed by atoms with Gasteiger partial charge in [-0.2, -0.15) is 0 Å². The molecule has 1 N–H and O–H groups in total. The highest BCUT2D eigenvalue weighted by atomic mass is 16.5. The van der Waals surface area contributed by atoms with E-state index in [9.17, 15) is 0 Å². The Morgan fingerprint density at radius 3 is 2.56 bits per heavy atom. The van der Waals surface area contributed by atoms with Crippen molar-refractivity contribution in [3.63, 3.8) is 0 Å². The number of rotatable bonds is 6. The monoisotopic (exact) mass is 221 g/mol. The molecule has 0 spiro atoms. The van der Waals surface area contributed by atoms with E-state index in [1.807, 2.05) is 7.05 Å². The Morgan fingerprint density at radius 2 is 2.00 bits per heavy atom. The maximum Gasteiger partial charge on any atom is 0.0615 e. The van der Waals surface area contributed by atoms with Gasteiger partial charge < -0.3 is 10.1 Å². The molecule has 0 saturated carbocycles. The minimum atomic E-state index is 0.451. The molecule has 0 heterocycles. The van der Waals surface area contributed by atoms with Gasteiger partial charge in [0.1, 0.15) is 0 Å². The smallest absolute Gasteiger partial charge is 0.0615 e. The van der Waals surface area contributed by atoms with Crippen LogP contribution >= 0.6 is 0 Å². The van der Waals surface area contributed by atoms with Gasteiger partial charge in [0.05, 0.1) is 6.61 Å². The zero-order valence-electron chi connectivity index (χ0n) is 10.8. The summed E-state index contributed by atoms with van der Waals surface area (Å²) in [6.45, 7) is 5.10. The number of aryl methyl sites for hydroxylation is 3. The largest absolute Gasteiger partial charge is 0.383 e. The summed E-state index contributed by atoms with van der Waals surface area (Å²) < 4.78 is 5.16. The molecule has 1 unspecified atom stereocenters. The van der Waals surface area contributed by atoms with Crippen LogP contribution in [0.3, 0.4) is 0 Å². The van der Waals surface area contributed by atoms with Crippen molar-refractivity contribution in [3.05, 3.63) is 34.9 Å². The molecular weight excluding hydrogens is 198 g/mol. The minimum absolute atomic E-state index is 0.451. The van der Waals surface area contributed by atoms with Gasteiger partial charge in [-0.25, -0.2) is 0 Å².